The number of carbonyl (C=O) groups excluding carboxylic acids is 1. The van der Waals surface area contributed by atoms with Crippen molar-refractivity contribution in [3.05, 3.63) is 59.9 Å². The summed E-state index contributed by atoms with van der Waals surface area (Å²) in [6, 6.07) is 11.7. The van der Waals surface area contributed by atoms with Gasteiger partial charge >= 0.3 is 0 Å². The van der Waals surface area contributed by atoms with Gasteiger partial charge in [0.2, 0.25) is 10.0 Å². The fraction of sp³-hybridized carbons (Fsp3) is 0.333. The lowest BCUT2D eigenvalue weighted by Gasteiger charge is -2.15. The van der Waals surface area contributed by atoms with Crippen molar-refractivity contribution >= 4 is 15.9 Å². The molecule has 132 valence electrons. The third-order valence-corrected chi connectivity index (χ3v) is 5.68. The van der Waals surface area contributed by atoms with Crippen molar-refractivity contribution in [3.8, 4) is 0 Å². The Hall–Kier alpha value is -2.25. The summed E-state index contributed by atoms with van der Waals surface area (Å²) in [4.78, 5) is 18.4. The van der Waals surface area contributed by atoms with E-state index >= 15 is 0 Å². The van der Waals surface area contributed by atoms with Crippen molar-refractivity contribution < 1.29 is 13.2 Å². The van der Waals surface area contributed by atoms with Crippen LogP contribution in [0.5, 0.6) is 0 Å². The van der Waals surface area contributed by atoms with Gasteiger partial charge in [0.1, 0.15) is 0 Å². The van der Waals surface area contributed by atoms with Gasteiger partial charge in [0.05, 0.1) is 4.90 Å². The number of benzene rings is 1. The molecule has 1 N–H and O–H groups in total. The lowest BCUT2D eigenvalue weighted by Crippen LogP contribution is -2.28. The first-order valence-electron chi connectivity index (χ1n) is 8.35. The normalized spacial score (nSPS) is 14.6. The van der Waals surface area contributed by atoms with E-state index in [-0.39, 0.29) is 17.3 Å². The minimum atomic E-state index is -3.59. The number of pyridine rings is 1. The maximum absolute atomic E-state index is 12.3. The summed E-state index contributed by atoms with van der Waals surface area (Å²) in [6.45, 7) is 1.82. The van der Waals surface area contributed by atoms with Crippen LogP contribution < -0.4 is 4.72 Å². The van der Waals surface area contributed by atoms with E-state index < -0.39 is 10.0 Å². The van der Waals surface area contributed by atoms with Gasteiger partial charge in [-0.25, -0.2) is 13.1 Å². The molecule has 1 fully saturated rings. The minimum Gasteiger partial charge on any atom is -0.339 e. The molecule has 0 aliphatic carbocycles. The molecular formula is C18H21N3O3S. The van der Waals surface area contributed by atoms with Gasteiger partial charge < -0.3 is 4.90 Å². The molecule has 1 aromatic heterocycles. The molecule has 6 nitrogen and oxygen atoms in total. The second-order valence-corrected chi connectivity index (χ2v) is 7.76. The van der Waals surface area contributed by atoms with E-state index in [0.717, 1.165) is 31.6 Å². The molecule has 0 unspecified atom stereocenters. The topological polar surface area (TPSA) is 79.4 Å². The van der Waals surface area contributed by atoms with E-state index in [9.17, 15) is 13.2 Å². The van der Waals surface area contributed by atoms with Crippen LogP contribution >= 0.6 is 0 Å². The van der Waals surface area contributed by atoms with Crippen molar-refractivity contribution in [3.63, 3.8) is 0 Å². The Balaban J connectivity index is 1.61. The van der Waals surface area contributed by atoms with E-state index in [2.05, 4.69) is 9.71 Å². The third kappa shape index (κ3) is 4.43. The van der Waals surface area contributed by atoms with Gasteiger partial charge in [0, 0.05) is 43.5 Å². The second kappa shape index (κ2) is 7.76. The first kappa shape index (κ1) is 17.6. The van der Waals surface area contributed by atoms with Gasteiger partial charge in [0.15, 0.2) is 0 Å². The second-order valence-electron chi connectivity index (χ2n) is 5.99. The van der Waals surface area contributed by atoms with Crippen LogP contribution in [0.2, 0.25) is 0 Å². The van der Waals surface area contributed by atoms with Crippen LogP contribution in [0.3, 0.4) is 0 Å². The number of nitrogens with zero attached hydrogens (tertiary/aromatic N) is 2. The smallest absolute Gasteiger partial charge is 0.253 e. The summed E-state index contributed by atoms with van der Waals surface area (Å²) in [5, 5.41) is 0. The van der Waals surface area contributed by atoms with Crippen LogP contribution in [0.1, 0.15) is 28.9 Å². The Labute approximate surface area is 147 Å². The lowest BCUT2D eigenvalue weighted by molar-refractivity contribution is 0.0792. The Morgan fingerprint density at radius 3 is 2.44 bits per heavy atom. The SMILES string of the molecule is O=C(c1ccc(S(=O)(=O)NCCc2ccccn2)cc1)N1CCCC1. The number of aromatic nitrogens is 1. The maximum Gasteiger partial charge on any atom is 0.253 e. The quantitative estimate of drug-likeness (QED) is 0.853. The van der Waals surface area contributed by atoms with Crippen LogP contribution in [0.4, 0.5) is 0 Å². The number of amides is 1. The van der Waals surface area contributed by atoms with Crippen molar-refractivity contribution in [2.75, 3.05) is 19.6 Å². The molecule has 0 radical (unpaired) electrons. The highest BCUT2D eigenvalue weighted by Gasteiger charge is 2.20. The first-order valence-corrected chi connectivity index (χ1v) is 9.83. The van der Waals surface area contributed by atoms with Crippen molar-refractivity contribution in [1.29, 1.82) is 0 Å². The number of nitrogens with one attached hydrogen (secondary N) is 1. The average molecular weight is 359 g/mol. The van der Waals surface area contributed by atoms with E-state index in [1.54, 1.807) is 23.2 Å². The number of rotatable bonds is 6. The van der Waals surface area contributed by atoms with Crippen LogP contribution in [-0.2, 0) is 16.4 Å². The number of likely N-dealkylation sites (tertiary alicyclic amines) is 1. The molecule has 1 aromatic carbocycles. The highest BCUT2D eigenvalue weighted by Crippen LogP contribution is 2.15. The zero-order chi connectivity index (χ0) is 17.7. The predicted octanol–water partition coefficient (Wildman–Crippen LogP) is 1.84. The molecule has 0 atom stereocenters. The predicted molar refractivity (Wildman–Crippen MR) is 94.7 cm³/mol. The fourth-order valence-electron chi connectivity index (χ4n) is 2.82. The van der Waals surface area contributed by atoms with Crippen molar-refractivity contribution in [1.82, 2.24) is 14.6 Å². The first-order chi connectivity index (χ1) is 12.1. The molecule has 1 aliphatic rings. The average Bonchev–Trinajstić information content (AvgIpc) is 3.17. The summed E-state index contributed by atoms with van der Waals surface area (Å²) in [7, 11) is -3.59. The molecule has 3 rings (SSSR count). The number of sulfonamides is 1. The summed E-state index contributed by atoms with van der Waals surface area (Å²) < 4.78 is 27.2. The van der Waals surface area contributed by atoms with Crippen LogP contribution in [-0.4, -0.2) is 43.8 Å². The van der Waals surface area contributed by atoms with Crippen LogP contribution in [0, 0.1) is 0 Å². The molecule has 1 amide bonds. The van der Waals surface area contributed by atoms with Crippen molar-refractivity contribution in [2.45, 2.75) is 24.2 Å². The van der Waals surface area contributed by atoms with E-state index in [1.807, 2.05) is 18.2 Å². The molecule has 0 saturated carbocycles. The molecular weight excluding hydrogens is 338 g/mol. The Morgan fingerprint density at radius 1 is 1.08 bits per heavy atom. The van der Waals surface area contributed by atoms with Crippen LogP contribution in [0.15, 0.2) is 53.6 Å². The molecule has 2 aromatic rings. The number of hydrogen-bond acceptors (Lipinski definition) is 4. The standard InChI is InChI=1S/C18H21N3O3S/c22-18(21-13-3-4-14-21)15-6-8-17(9-7-15)25(23,24)20-12-10-16-5-1-2-11-19-16/h1-2,5-9,11,20H,3-4,10,12-14H2. The van der Waals surface area contributed by atoms with Gasteiger partial charge in [-0.05, 0) is 49.2 Å². The zero-order valence-electron chi connectivity index (χ0n) is 13.9. The van der Waals surface area contributed by atoms with E-state index in [0.29, 0.717) is 12.0 Å². The molecule has 0 spiro atoms. The highest BCUT2D eigenvalue weighted by atomic mass is 32.2. The lowest BCUT2D eigenvalue weighted by atomic mass is 10.2. The Morgan fingerprint density at radius 2 is 1.80 bits per heavy atom. The van der Waals surface area contributed by atoms with Crippen LogP contribution in [0.25, 0.3) is 0 Å². The fourth-order valence-corrected chi connectivity index (χ4v) is 3.85. The molecule has 1 aliphatic heterocycles. The van der Waals surface area contributed by atoms with Gasteiger partial charge in [-0.1, -0.05) is 6.07 Å². The molecule has 2 heterocycles. The monoisotopic (exact) mass is 359 g/mol. The Kier molecular flexibility index (Phi) is 5.45. The summed E-state index contributed by atoms with van der Waals surface area (Å²) in [5.74, 6) is -0.0374. The van der Waals surface area contributed by atoms with Crippen molar-refractivity contribution in [2.24, 2.45) is 0 Å². The molecule has 0 bridgehead atoms. The van der Waals surface area contributed by atoms with E-state index in [4.69, 9.17) is 0 Å². The maximum atomic E-state index is 12.3. The molecule has 25 heavy (non-hydrogen) atoms. The van der Waals surface area contributed by atoms with Gasteiger partial charge in [0.25, 0.3) is 5.91 Å². The minimum absolute atomic E-state index is 0.0374. The van der Waals surface area contributed by atoms with Gasteiger partial charge in [-0.15, -0.1) is 0 Å². The van der Waals surface area contributed by atoms with E-state index in [1.165, 1.54) is 12.1 Å². The third-order valence-electron chi connectivity index (χ3n) is 4.20. The molecule has 7 heteroatoms. The number of carbonyl (C=O) groups is 1. The zero-order valence-corrected chi connectivity index (χ0v) is 14.7. The highest BCUT2D eigenvalue weighted by molar-refractivity contribution is 7.89. The molecule has 1 saturated heterocycles. The van der Waals surface area contributed by atoms with Gasteiger partial charge in [-0.3, -0.25) is 9.78 Å². The number of hydrogen-bond donors (Lipinski definition) is 1. The summed E-state index contributed by atoms with van der Waals surface area (Å²) in [5.41, 5.74) is 1.35. The summed E-state index contributed by atoms with van der Waals surface area (Å²) >= 11 is 0. The summed E-state index contributed by atoms with van der Waals surface area (Å²) in [6.07, 6.45) is 4.25. The largest absolute Gasteiger partial charge is 0.339 e. The van der Waals surface area contributed by atoms with Gasteiger partial charge in [-0.2, -0.15) is 0 Å². The Bertz CT molecular complexity index is 814.